The van der Waals surface area contributed by atoms with Crippen LogP contribution in [-0.2, 0) is 12.8 Å². The summed E-state index contributed by atoms with van der Waals surface area (Å²) in [6.07, 6.45) is 2.40. The fourth-order valence-corrected chi connectivity index (χ4v) is 1.94. The summed E-state index contributed by atoms with van der Waals surface area (Å²) in [6, 6.07) is 15.3. The second kappa shape index (κ2) is 5.62. The molecule has 0 spiro atoms. The van der Waals surface area contributed by atoms with Crippen LogP contribution in [0.3, 0.4) is 0 Å². The molecule has 87 valence electrons. The van der Waals surface area contributed by atoms with Gasteiger partial charge in [-0.05, 0) is 35.6 Å². The lowest BCUT2D eigenvalue weighted by Gasteiger charge is -2.06. The Morgan fingerprint density at radius 1 is 0.941 bits per heavy atom. The third-order valence-electron chi connectivity index (χ3n) is 2.81. The monoisotopic (exact) mass is 227 g/mol. The van der Waals surface area contributed by atoms with Crippen LogP contribution >= 0.6 is 0 Å². The summed E-state index contributed by atoms with van der Waals surface area (Å²) < 4.78 is 13.7. The first-order chi connectivity index (χ1) is 8.29. The predicted molar refractivity (Wildman–Crippen MR) is 69.3 cm³/mol. The molecule has 0 aliphatic rings. The lowest BCUT2D eigenvalue weighted by atomic mass is 10.0. The highest BCUT2D eigenvalue weighted by Crippen LogP contribution is 2.16. The van der Waals surface area contributed by atoms with Crippen molar-refractivity contribution in [3.05, 3.63) is 78.0 Å². The largest absolute Gasteiger partial charge is 0.207 e. The fourth-order valence-electron chi connectivity index (χ4n) is 1.94. The van der Waals surface area contributed by atoms with Crippen molar-refractivity contribution in [1.29, 1.82) is 0 Å². The van der Waals surface area contributed by atoms with Gasteiger partial charge >= 0.3 is 0 Å². The van der Waals surface area contributed by atoms with E-state index in [4.69, 9.17) is 0 Å². The zero-order valence-electron chi connectivity index (χ0n) is 9.83. The van der Waals surface area contributed by atoms with Gasteiger partial charge in [-0.3, -0.25) is 0 Å². The van der Waals surface area contributed by atoms with Crippen LogP contribution in [0, 0.1) is 12.7 Å². The summed E-state index contributed by atoms with van der Waals surface area (Å²) in [5.74, 6) is -0.123. The van der Waals surface area contributed by atoms with Gasteiger partial charge in [0.25, 0.3) is 0 Å². The van der Waals surface area contributed by atoms with Crippen molar-refractivity contribution >= 4 is 0 Å². The van der Waals surface area contributed by atoms with E-state index in [1.807, 2.05) is 42.5 Å². The van der Waals surface area contributed by atoms with Crippen LogP contribution in [0.1, 0.15) is 23.1 Å². The van der Waals surface area contributed by atoms with E-state index in [2.05, 4.69) is 6.92 Å². The van der Waals surface area contributed by atoms with Gasteiger partial charge in [-0.1, -0.05) is 49.4 Å². The van der Waals surface area contributed by atoms with Gasteiger partial charge in [-0.15, -0.1) is 0 Å². The van der Waals surface area contributed by atoms with Gasteiger partial charge in [-0.2, -0.15) is 0 Å². The second-order valence-corrected chi connectivity index (χ2v) is 4.19. The van der Waals surface area contributed by atoms with Crippen LogP contribution in [-0.4, -0.2) is 0 Å². The average Bonchev–Trinajstić information content (AvgIpc) is 2.35. The van der Waals surface area contributed by atoms with Crippen LogP contribution in [0.15, 0.2) is 48.5 Å². The quantitative estimate of drug-likeness (QED) is 0.735. The van der Waals surface area contributed by atoms with Crippen LogP contribution in [0.2, 0.25) is 0 Å². The van der Waals surface area contributed by atoms with E-state index in [0.29, 0.717) is 6.42 Å². The Labute approximate surface area is 102 Å². The Kier molecular flexibility index (Phi) is 3.92. The zero-order valence-corrected chi connectivity index (χ0v) is 9.83. The van der Waals surface area contributed by atoms with Gasteiger partial charge in [0.15, 0.2) is 0 Å². The summed E-state index contributed by atoms with van der Waals surface area (Å²) in [4.78, 5) is 0. The SMILES string of the molecule is [CH2]CCc1ccc(F)c(Cc2ccccc2)c1. The molecule has 1 radical (unpaired) electrons. The molecule has 1 heteroatoms. The number of rotatable bonds is 4. The third-order valence-corrected chi connectivity index (χ3v) is 2.81. The Balaban J connectivity index is 2.22. The first-order valence-electron chi connectivity index (χ1n) is 5.90. The van der Waals surface area contributed by atoms with Gasteiger partial charge in [0, 0.05) is 6.42 Å². The van der Waals surface area contributed by atoms with Crippen LogP contribution in [0.25, 0.3) is 0 Å². The van der Waals surface area contributed by atoms with E-state index in [-0.39, 0.29) is 5.82 Å². The van der Waals surface area contributed by atoms with E-state index in [1.54, 1.807) is 6.07 Å². The molecule has 0 saturated heterocycles. The molecule has 2 rings (SSSR count). The zero-order chi connectivity index (χ0) is 12.1. The summed E-state index contributed by atoms with van der Waals surface area (Å²) in [6.45, 7) is 3.82. The normalized spacial score (nSPS) is 10.5. The Morgan fingerprint density at radius 2 is 1.71 bits per heavy atom. The van der Waals surface area contributed by atoms with Crippen LogP contribution < -0.4 is 0 Å². The average molecular weight is 227 g/mol. The third kappa shape index (κ3) is 3.16. The van der Waals surface area contributed by atoms with Crippen molar-refractivity contribution in [2.75, 3.05) is 0 Å². The maximum atomic E-state index is 13.7. The molecule has 0 aliphatic carbocycles. The minimum absolute atomic E-state index is 0.123. The van der Waals surface area contributed by atoms with Crippen molar-refractivity contribution in [1.82, 2.24) is 0 Å². The molecule has 0 N–H and O–H groups in total. The van der Waals surface area contributed by atoms with Gasteiger partial charge in [0.1, 0.15) is 5.82 Å². The summed E-state index contributed by atoms with van der Waals surface area (Å²) in [5, 5.41) is 0. The van der Waals surface area contributed by atoms with Crippen molar-refractivity contribution < 1.29 is 4.39 Å². The molecule has 0 aromatic heterocycles. The maximum absolute atomic E-state index is 13.7. The highest BCUT2D eigenvalue weighted by atomic mass is 19.1. The Bertz CT molecular complexity index is 474. The van der Waals surface area contributed by atoms with E-state index in [9.17, 15) is 4.39 Å². The van der Waals surface area contributed by atoms with Gasteiger partial charge in [0.2, 0.25) is 0 Å². The lowest BCUT2D eigenvalue weighted by Crippen LogP contribution is -1.95. The Hall–Kier alpha value is -1.63. The van der Waals surface area contributed by atoms with Crippen LogP contribution in [0.5, 0.6) is 0 Å². The first-order valence-corrected chi connectivity index (χ1v) is 5.90. The number of benzene rings is 2. The molecule has 0 unspecified atom stereocenters. The molecule has 2 aromatic rings. The predicted octanol–water partition coefficient (Wildman–Crippen LogP) is 4.18. The molecular formula is C16H16F. The van der Waals surface area contributed by atoms with Crippen molar-refractivity contribution in [2.24, 2.45) is 0 Å². The second-order valence-electron chi connectivity index (χ2n) is 4.19. The van der Waals surface area contributed by atoms with E-state index in [1.165, 1.54) is 0 Å². The smallest absolute Gasteiger partial charge is 0.126 e. The number of hydrogen-bond acceptors (Lipinski definition) is 0. The molecule has 2 aromatic carbocycles. The minimum Gasteiger partial charge on any atom is -0.207 e. The number of halogens is 1. The van der Waals surface area contributed by atoms with Crippen LogP contribution in [0.4, 0.5) is 4.39 Å². The molecule has 0 bridgehead atoms. The molecule has 17 heavy (non-hydrogen) atoms. The Morgan fingerprint density at radius 3 is 2.41 bits per heavy atom. The molecule has 0 amide bonds. The van der Waals surface area contributed by atoms with Gasteiger partial charge in [-0.25, -0.2) is 4.39 Å². The fraction of sp³-hybridized carbons (Fsp3) is 0.188. The molecule has 0 heterocycles. The summed E-state index contributed by atoms with van der Waals surface area (Å²) in [5.41, 5.74) is 3.06. The van der Waals surface area contributed by atoms with Gasteiger partial charge in [0.05, 0.1) is 0 Å². The molecule has 0 nitrogen and oxygen atoms in total. The maximum Gasteiger partial charge on any atom is 0.126 e. The molecular weight excluding hydrogens is 211 g/mol. The van der Waals surface area contributed by atoms with E-state index < -0.39 is 0 Å². The van der Waals surface area contributed by atoms with Crippen molar-refractivity contribution in [2.45, 2.75) is 19.3 Å². The van der Waals surface area contributed by atoms with Crippen molar-refractivity contribution in [3.63, 3.8) is 0 Å². The molecule has 0 saturated carbocycles. The topological polar surface area (TPSA) is 0 Å². The van der Waals surface area contributed by atoms with E-state index >= 15 is 0 Å². The summed E-state index contributed by atoms with van der Waals surface area (Å²) >= 11 is 0. The highest BCUT2D eigenvalue weighted by molar-refractivity contribution is 5.30. The number of hydrogen-bond donors (Lipinski definition) is 0. The molecule has 0 atom stereocenters. The van der Waals surface area contributed by atoms with E-state index in [0.717, 1.165) is 29.5 Å². The standard InChI is InChI=1S/C16H16F/c1-2-6-13-9-10-16(17)15(11-13)12-14-7-4-3-5-8-14/h3-5,7-11H,1-2,6,12H2. The highest BCUT2D eigenvalue weighted by Gasteiger charge is 2.04. The minimum atomic E-state index is -0.123. The number of aryl methyl sites for hydroxylation is 1. The first kappa shape index (κ1) is 11.8. The summed E-state index contributed by atoms with van der Waals surface area (Å²) in [7, 11) is 0. The molecule has 0 fully saturated rings. The molecule has 0 aliphatic heterocycles. The lowest BCUT2D eigenvalue weighted by molar-refractivity contribution is 0.613. The van der Waals surface area contributed by atoms with Crippen molar-refractivity contribution in [3.8, 4) is 0 Å². The van der Waals surface area contributed by atoms with Gasteiger partial charge < -0.3 is 0 Å².